The number of hydrogen-bond donors (Lipinski definition) is 0. The number of carbonyl (C=O) groups is 1. The van der Waals surface area contributed by atoms with Gasteiger partial charge in [0.25, 0.3) is 0 Å². The summed E-state index contributed by atoms with van der Waals surface area (Å²) in [5, 5.41) is -0.895. The first-order valence-electron chi connectivity index (χ1n) is 3.53. The van der Waals surface area contributed by atoms with Crippen molar-refractivity contribution in [1.29, 1.82) is 0 Å². The Morgan fingerprint density at radius 2 is 1.79 bits per heavy atom. The molecule has 0 atom stereocenters. The molecule has 74 valence electrons. The molecule has 0 spiro atoms. The standard InChI is InChI=1S/C9H4ClF3O/c10-8(14)4-1-5-6(11)2-3-7(12)9(5)13/h1-4H/b4-1+. The third kappa shape index (κ3) is 2.35. The summed E-state index contributed by atoms with van der Waals surface area (Å²) in [6.07, 6.45) is 1.52. The van der Waals surface area contributed by atoms with Gasteiger partial charge in [0.05, 0.1) is 0 Å². The molecule has 0 N–H and O–H groups in total. The van der Waals surface area contributed by atoms with Gasteiger partial charge in [0.1, 0.15) is 5.82 Å². The van der Waals surface area contributed by atoms with Crippen molar-refractivity contribution < 1.29 is 18.0 Å². The maximum atomic E-state index is 12.9. The summed E-state index contributed by atoms with van der Waals surface area (Å²) < 4.78 is 38.4. The van der Waals surface area contributed by atoms with Crippen LogP contribution in [0.2, 0.25) is 0 Å². The predicted molar refractivity (Wildman–Crippen MR) is 46.2 cm³/mol. The van der Waals surface area contributed by atoms with E-state index in [4.69, 9.17) is 11.6 Å². The minimum atomic E-state index is -1.35. The number of rotatable bonds is 2. The molecule has 0 aliphatic rings. The summed E-state index contributed by atoms with van der Waals surface area (Å²) in [5.74, 6) is -3.50. The Morgan fingerprint density at radius 1 is 1.21 bits per heavy atom. The van der Waals surface area contributed by atoms with Crippen molar-refractivity contribution in [2.75, 3.05) is 0 Å². The van der Waals surface area contributed by atoms with Gasteiger partial charge in [-0.15, -0.1) is 0 Å². The molecule has 0 unspecified atom stereocenters. The van der Waals surface area contributed by atoms with Crippen LogP contribution in [0.25, 0.3) is 6.08 Å². The first kappa shape index (κ1) is 10.8. The van der Waals surface area contributed by atoms with Crippen molar-refractivity contribution in [1.82, 2.24) is 0 Å². The van der Waals surface area contributed by atoms with Crippen molar-refractivity contribution in [2.45, 2.75) is 0 Å². The summed E-state index contributed by atoms with van der Waals surface area (Å²) in [6, 6.07) is 1.42. The number of hydrogen-bond acceptors (Lipinski definition) is 1. The van der Waals surface area contributed by atoms with E-state index >= 15 is 0 Å². The SMILES string of the molecule is O=C(Cl)/C=C/c1c(F)ccc(F)c1F. The second-order valence-corrected chi connectivity index (χ2v) is 2.77. The fraction of sp³-hybridized carbons (Fsp3) is 0. The van der Waals surface area contributed by atoms with Crippen molar-refractivity contribution in [3.63, 3.8) is 0 Å². The molecular weight excluding hydrogens is 217 g/mol. The first-order chi connectivity index (χ1) is 6.52. The van der Waals surface area contributed by atoms with E-state index in [2.05, 4.69) is 0 Å². The zero-order valence-electron chi connectivity index (χ0n) is 6.73. The molecule has 5 heteroatoms. The number of allylic oxidation sites excluding steroid dienone is 1. The van der Waals surface area contributed by atoms with E-state index in [1.807, 2.05) is 0 Å². The van der Waals surface area contributed by atoms with Gasteiger partial charge in [-0.1, -0.05) is 0 Å². The van der Waals surface area contributed by atoms with Crippen LogP contribution >= 0.6 is 11.6 Å². The van der Waals surface area contributed by atoms with Crippen molar-refractivity contribution >= 4 is 22.9 Å². The molecule has 14 heavy (non-hydrogen) atoms. The van der Waals surface area contributed by atoms with Gasteiger partial charge in [-0.2, -0.15) is 0 Å². The van der Waals surface area contributed by atoms with Crippen LogP contribution in [0.5, 0.6) is 0 Å². The van der Waals surface area contributed by atoms with Crippen molar-refractivity contribution in [3.8, 4) is 0 Å². The van der Waals surface area contributed by atoms with Gasteiger partial charge < -0.3 is 0 Å². The van der Waals surface area contributed by atoms with Gasteiger partial charge in [-0.3, -0.25) is 4.79 Å². The molecule has 0 aromatic heterocycles. The highest BCUT2D eigenvalue weighted by Crippen LogP contribution is 2.17. The Labute approximate surface area is 82.8 Å². The second kappa shape index (κ2) is 4.28. The lowest BCUT2D eigenvalue weighted by Crippen LogP contribution is -1.93. The van der Waals surface area contributed by atoms with Crippen LogP contribution in [-0.4, -0.2) is 5.24 Å². The van der Waals surface area contributed by atoms with Crippen molar-refractivity contribution in [3.05, 3.63) is 41.2 Å². The van der Waals surface area contributed by atoms with E-state index in [-0.39, 0.29) is 0 Å². The molecule has 1 aromatic rings. The highest BCUT2D eigenvalue weighted by molar-refractivity contribution is 6.66. The summed E-state index contributed by atoms with van der Waals surface area (Å²) in [4.78, 5) is 10.3. The van der Waals surface area contributed by atoms with E-state index in [1.54, 1.807) is 0 Å². The fourth-order valence-corrected chi connectivity index (χ4v) is 0.907. The molecule has 1 rings (SSSR count). The fourth-order valence-electron chi connectivity index (χ4n) is 0.844. The molecular formula is C9H4ClF3O. The molecule has 0 bridgehead atoms. The van der Waals surface area contributed by atoms with Gasteiger partial charge in [-0.05, 0) is 35.9 Å². The molecule has 1 aromatic carbocycles. The van der Waals surface area contributed by atoms with Crippen LogP contribution in [0, 0.1) is 17.5 Å². The van der Waals surface area contributed by atoms with E-state index in [0.717, 1.165) is 18.2 Å². The minimum absolute atomic E-state index is 0.626. The monoisotopic (exact) mass is 220 g/mol. The Morgan fingerprint density at radius 3 is 2.36 bits per heavy atom. The van der Waals surface area contributed by atoms with Crippen LogP contribution in [0.4, 0.5) is 13.2 Å². The van der Waals surface area contributed by atoms with Crippen LogP contribution in [0.3, 0.4) is 0 Å². The lowest BCUT2D eigenvalue weighted by Gasteiger charge is -1.99. The van der Waals surface area contributed by atoms with Gasteiger partial charge in [0.15, 0.2) is 11.6 Å². The molecule has 1 nitrogen and oxygen atoms in total. The van der Waals surface area contributed by atoms with Gasteiger partial charge in [-0.25, -0.2) is 13.2 Å². The Bertz CT molecular complexity index is 401. The largest absolute Gasteiger partial charge is 0.276 e. The average Bonchev–Trinajstić information content (AvgIpc) is 2.11. The van der Waals surface area contributed by atoms with Crippen molar-refractivity contribution in [2.24, 2.45) is 0 Å². The lowest BCUT2D eigenvalue weighted by atomic mass is 10.2. The summed E-state index contributed by atoms with van der Waals surface area (Å²) in [5.41, 5.74) is -0.626. The second-order valence-electron chi connectivity index (χ2n) is 2.39. The molecule has 0 saturated heterocycles. The molecule has 0 amide bonds. The summed E-state index contributed by atoms with van der Waals surface area (Å²) >= 11 is 4.91. The van der Waals surface area contributed by atoms with Crippen LogP contribution < -0.4 is 0 Å². The maximum Gasteiger partial charge on any atom is 0.245 e. The topological polar surface area (TPSA) is 17.1 Å². The molecule has 0 aliphatic heterocycles. The molecule has 0 heterocycles. The molecule has 0 saturated carbocycles. The van der Waals surface area contributed by atoms with Gasteiger partial charge >= 0.3 is 0 Å². The lowest BCUT2D eigenvalue weighted by molar-refractivity contribution is -0.107. The third-order valence-corrected chi connectivity index (χ3v) is 1.59. The Hall–Kier alpha value is -1.29. The zero-order valence-corrected chi connectivity index (χ0v) is 7.49. The summed E-state index contributed by atoms with van der Waals surface area (Å²) in [7, 11) is 0. The average molecular weight is 221 g/mol. The Balaban J connectivity index is 3.19. The quantitative estimate of drug-likeness (QED) is 0.426. The van der Waals surface area contributed by atoms with Crippen LogP contribution in [0.15, 0.2) is 18.2 Å². The molecule has 0 radical (unpaired) electrons. The van der Waals surface area contributed by atoms with Gasteiger partial charge in [0, 0.05) is 5.56 Å². The maximum absolute atomic E-state index is 12.9. The Kier molecular flexibility index (Phi) is 3.30. The van der Waals surface area contributed by atoms with E-state index < -0.39 is 28.3 Å². The summed E-state index contributed by atoms with van der Waals surface area (Å²) in [6.45, 7) is 0. The molecule has 0 aliphatic carbocycles. The van der Waals surface area contributed by atoms with Gasteiger partial charge in [0.2, 0.25) is 5.24 Å². The van der Waals surface area contributed by atoms with E-state index in [1.165, 1.54) is 0 Å². The van der Waals surface area contributed by atoms with E-state index in [0.29, 0.717) is 6.07 Å². The highest BCUT2D eigenvalue weighted by atomic mass is 35.5. The molecule has 0 fully saturated rings. The predicted octanol–water partition coefficient (Wildman–Crippen LogP) is 2.88. The zero-order chi connectivity index (χ0) is 10.7. The minimum Gasteiger partial charge on any atom is -0.276 e. The number of benzene rings is 1. The van der Waals surface area contributed by atoms with Crippen LogP contribution in [0.1, 0.15) is 5.56 Å². The van der Waals surface area contributed by atoms with E-state index in [9.17, 15) is 18.0 Å². The number of halogens is 4. The van der Waals surface area contributed by atoms with Crippen LogP contribution in [-0.2, 0) is 4.79 Å². The first-order valence-corrected chi connectivity index (χ1v) is 3.91. The third-order valence-electron chi connectivity index (χ3n) is 1.46. The smallest absolute Gasteiger partial charge is 0.245 e. The highest BCUT2D eigenvalue weighted by Gasteiger charge is 2.10. The normalized spacial score (nSPS) is 10.9. The number of carbonyl (C=O) groups excluding carboxylic acids is 1.